The molecule has 2 heterocycles. The number of hydrogen-bond donors (Lipinski definition) is 2. The average molecular weight is 270 g/mol. The van der Waals surface area contributed by atoms with Crippen LogP contribution in [0.25, 0.3) is 0 Å². The van der Waals surface area contributed by atoms with Gasteiger partial charge < -0.3 is 10.3 Å². The van der Waals surface area contributed by atoms with Crippen LogP contribution in [-0.2, 0) is 6.42 Å². The Hall–Kier alpha value is -1.89. The van der Waals surface area contributed by atoms with E-state index in [0.717, 1.165) is 5.56 Å². The highest BCUT2D eigenvalue weighted by atomic mass is 19.4. The SMILES string of the molecule is CNC(c1ncc(Cc2ccncc2)[nH]1)C(F)(F)F. The number of aromatic nitrogens is 3. The quantitative estimate of drug-likeness (QED) is 0.895. The molecule has 2 N–H and O–H groups in total. The molecule has 1 atom stereocenters. The van der Waals surface area contributed by atoms with E-state index in [4.69, 9.17) is 0 Å². The van der Waals surface area contributed by atoms with Crippen LogP contribution in [0.15, 0.2) is 30.7 Å². The molecule has 0 aliphatic carbocycles. The molecule has 0 aliphatic heterocycles. The number of halogens is 3. The summed E-state index contributed by atoms with van der Waals surface area (Å²) in [5, 5.41) is 2.21. The molecule has 0 saturated carbocycles. The van der Waals surface area contributed by atoms with Gasteiger partial charge in [0.05, 0.1) is 0 Å². The van der Waals surface area contributed by atoms with Crippen LogP contribution in [0, 0.1) is 0 Å². The van der Waals surface area contributed by atoms with Crippen LogP contribution in [-0.4, -0.2) is 28.2 Å². The third-order valence-corrected chi connectivity index (χ3v) is 2.68. The molecule has 0 fully saturated rings. The molecule has 1 unspecified atom stereocenters. The van der Waals surface area contributed by atoms with E-state index in [2.05, 4.69) is 20.3 Å². The van der Waals surface area contributed by atoms with Gasteiger partial charge in [0.1, 0.15) is 5.82 Å². The lowest BCUT2D eigenvalue weighted by atomic mass is 10.1. The van der Waals surface area contributed by atoms with E-state index in [1.54, 1.807) is 24.5 Å². The van der Waals surface area contributed by atoms with Gasteiger partial charge in [-0.05, 0) is 24.7 Å². The van der Waals surface area contributed by atoms with Gasteiger partial charge in [0, 0.05) is 30.7 Å². The first-order valence-corrected chi connectivity index (χ1v) is 5.67. The zero-order chi connectivity index (χ0) is 13.9. The number of rotatable bonds is 4. The van der Waals surface area contributed by atoms with Crippen molar-refractivity contribution in [1.82, 2.24) is 20.3 Å². The molecular weight excluding hydrogens is 257 g/mol. The second-order valence-electron chi connectivity index (χ2n) is 4.09. The van der Waals surface area contributed by atoms with Gasteiger partial charge in [-0.25, -0.2) is 4.98 Å². The minimum atomic E-state index is -4.37. The Morgan fingerprint density at radius 1 is 1.32 bits per heavy atom. The van der Waals surface area contributed by atoms with Gasteiger partial charge in [0.25, 0.3) is 0 Å². The van der Waals surface area contributed by atoms with Crippen molar-refractivity contribution in [2.75, 3.05) is 7.05 Å². The van der Waals surface area contributed by atoms with Crippen LogP contribution in [0.2, 0.25) is 0 Å². The second-order valence-corrected chi connectivity index (χ2v) is 4.09. The predicted molar refractivity (Wildman–Crippen MR) is 63.5 cm³/mol. The van der Waals surface area contributed by atoms with Gasteiger partial charge in [-0.1, -0.05) is 0 Å². The lowest BCUT2D eigenvalue weighted by Crippen LogP contribution is -2.32. The third kappa shape index (κ3) is 3.31. The van der Waals surface area contributed by atoms with Crippen LogP contribution in [0.3, 0.4) is 0 Å². The number of H-pyrrole nitrogens is 1. The van der Waals surface area contributed by atoms with Gasteiger partial charge in [0.2, 0.25) is 0 Å². The lowest BCUT2D eigenvalue weighted by molar-refractivity contribution is -0.158. The number of nitrogens with zero attached hydrogens (tertiary/aromatic N) is 2. The van der Waals surface area contributed by atoms with E-state index < -0.39 is 12.2 Å². The van der Waals surface area contributed by atoms with Crippen molar-refractivity contribution in [3.63, 3.8) is 0 Å². The monoisotopic (exact) mass is 270 g/mol. The largest absolute Gasteiger partial charge is 0.410 e. The van der Waals surface area contributed by atoms with Crippen LogP contribution in [0.1, 0.15) is 23.1 Å². The third-order valence-electron chi connectivity index (χ3n) is 2.68. The van der Waals surface area contributed by atoms with E-state index in [1.165, 1.54) is 13.2 Å². The summed E-state index contributed by atoms with van der Waals surface area (Å²) in [7, 11) is 1.25. The number of imidazole rings is 1. The van der Waals surface area contributed by atoms with Crippen molar-refractivity contribution >= 4 is 0 Å². The fourth-order valence-electron chi connectivity index (χ4n) is 1.79. The zero-order valence-electron chi connectivity index (χ0n) is 10.2. The highest BCUT2D eigenvalue weighted by Crippen LogP contribution is 2.30. The topological polar surface area (TPSA) is 53.6 Å². The molecule has 0 bridgehead atoms. The minimum Gasteiger partial charge on any atom is -0.344 e. The van der Waals surface area contributed by atoms with E-state index >= 15 is 0 Å². The zero-order valence-corrected chi connectivity index (χ0v) is 10.2. The molecule has 19 heavy (non-hydrogen) atoms. The summed E-state index contributed by atoms with van der Waals surface area (Å²) < 4.78 is 38.1. The van der Waals surface area contributed by atoms with Crippen LogP contribution >= 0.6 is 0 Å². The van der Waals surface area contributed by atoms with E-state index in [0.29, 0.717) is 12.1 Å². The molecule has 2 aromatic rings. The summed E-state index contributed by atoms with van der Waals surface area (Å²) in [4.78, 5) is 10.4. The summed E-state index contributed by atoms with van der Waals surface area (Å²) in [6.07, 6.45) is 0.813. The molecule has 2 rings (SSSR count). The van der Waals surface area contributed by atoms with Gasteiger partial charge >= 0.3 is 6.18 Å². The Kier molecular flexibility index (Phi) is 3.84. The van der Waals surface area contributed by atoms with E-state index in [1.807, 2.05) is 0 Å². The number of pyridine rings is 1. The first-order valence-electron chi connectivity index (χ1n) is 5.67. The fraction of sp³-hybridized carbons (Fsp3) is 0.333. The summed E-state index contributed by atoms with van der Waals surface area (Å²) in [5.41, 5.74) is 1.59. The van der Waals surface area contributed by atoms with Crippen molar-refractivity contribution in [3.05, 3.63) is 47.8 Å². The smallest absolute Gasteiger partial charge is 0.344 e. The maximum Gasteiger partial charge on any atom is 0.410 e. The Morgan fingerprint density at radius 2 is 2.00 bits per heavy atom. The van der Waals surface area contributed by atoms with Crippen LogP contribution in [0.5, 0.6) is 0 Å². The maximum atomic E-state index is 12.7. The van der Waals surface area contributed by atoms with Gasteiger partial charge in [-0.3, -0.25) is 4.98 Å². The van der Waals surface area contributed by atoms with E-state index in [-0.39, 0.29) is 5.82 Å². The molecule has 102 valence electrons. The molecular formula is C12H13F3N4. The Bertz CT molecular complexity index is 521. The average Bonchev–Trinajstić information content (AvgIpc) is 2.77. The summed E-state index contributed by atoms with van der Waals surface area (Å²) >= 11 is 0. The number of nitrogens with one attached hydrogen (secondary N) is 2. The van der Waals surface area contributed by atoms with Crippen LogP contribution in [0.4, 0.5) is 13.2 Å². The molecule has 4 nitrogen and oxygen atoms in total. The molecule has 0 radical (unpaired) electrons. The van der Waals surface area contributed by atoms with Crippen molar-refractivity contribution < 1.29 is 13.2 Å². The Labute approximate surface area is 108 Å². The van der Waals surface area contributed by atoms with Crippen molar-refractivity contribution in [2.24, 2.45) is 0 Å². The molecule has 2 aromatic heterocycles. The number of hydrogen-bond acceptors (Lipinski definition) is 3. The molecule has 0 amide bonds. The molecule has 0 aromatic carbocycles. The standard InChI is InChI=1S/C12H13F3N4/c1-16-10(12(13,14)15)11-18-7-9(19-11)6-8-2-4-17-5-3-8/h2-5,7,10,16H,6H2,1H3,(H,18,19). The second kappa shape index (κ2) is 5.40. The first-order chi connectivity index (χ1) is 9.00. The van der Waals surface area contributed by atoms with Crippen molar-refractivity contribution in [3.8, 4) is 0 Å². The first kappa shape index (κ1) is 13.5. The van der Waals surface area contributed by atoms with E-state index in [9.17, 15) is 13.2 Å². The molecule has 0 aliphatic rings. The van der Waals surface area contributed by atoms with Crippen molar-refractivity contribution in [2.45, 2.75) is 18.6 Å². The minimum absolute atomic E-state index is 0.126. The van der Waals surface area contributed by atoms with Crippen molar-refractivity contribution in [1.29, 1.82) is 0 Å². The fourth-order valence-corrected chi connectivity index (χ4v) is 1.79. The Morgan fingerprint density at radius 3 is 2.58 bits per heavy atom. The molecule has 0 spiro atoms. The highest BCUT2D eigenvalue weighted by molar-refractivity contribution is 5.19. The van der Waals surface area contributed by atoms with Gasteiger partial charge in [-0.15, -0.1) is 0 Å². The maximum absolute atomic E-state index is 12.7. The molecule has 0 saturated heterocycles. The van der Waals surface area contributed by atoms with Crippen LogP contribution < -0.4 is 5.32 Å². The normalized spacial score (nSPS) is 13.5. The van der Waals surface area contributed by atoms with Gasteiger partial charge in [0.15, 0.2) is 6.04 Å². The Balaban J connectivity index is 2.15. The predicted octanol–water partition coefficient (Wildman–Crippen LogP) is 2.22. The lowest BCUT2D eigenvalue weighted by Gasteiger charge is -2.16. The summed E-state index contributed by atoms with van der Waals surface area (Å²) in [6, 6.07) is 1.83. The summed E-state index contributed by atoms with van der Waals surface area (Å²) in [6.45, 7) is 0. The molecule has 7 heteroatoms. The number of alkyl halides is 3. The highest BCUT2D eigenvalue weighted by Gasteiger charge is 2.41. The number of aromatic amines is 1. The summed E-state index contributed by atoms with van der Waals surface area (Å²) in [5.74, 6) is -0.126. The van der Waals surface area contributed by atoms with Gasteiger partial charge in [-0.2, -0.15) is 13.2 Å².